The summed E-state index contributed by atoms with van der Waals surface area (Å²) in [6.45, 7) is 9.45. The Morgan fingerprint density at radius 1 is 1.40 bits per heavy atom. The van der Waals surface area contributed by atoms with E-state index < -0.39 is 0 Å². The van der Waals surface area contributed by atoms with Crippen molar-refractivity contribution in [1.82, 2.24) is 5.32 Å². The van der Waals surface area contributed by atoms with Crippen molar-refractivity contribution in [1.29, 1.82) is 0 Å². The quantitative estimate of drug-likeness (QED) is 0.878. The van der Waals surface area contributed by atoms with E-state index >= 15 is 0 Å². The number of rotatable bonds is 4. The van der Waals surface area contributed by atoms with E-state index in [-0.39, 0.29) is 5.91 Å². The molecule has 0 bridgehead atoms. The van der Waals surface area contributed by atoms with Crippen LogP contribution in [0.25, 0.3) is 0 Å². The minimum absolute atomic E-state index is 0.0450. The van der Waals surface area contributed by atoms with Crippen LogP contribution in [0, 0.1) is 12.3 Å². The Labute approximate surface area is 122 Å². The monoisotopic (exact) mass is 274 g/mol. The maximum atomic E-state index is 12.5. The van der Waals surface area contributed by atoms with Gasteiger partial charge in [0.15, 0.2) is 0 Å². The van der Waals surface area contributed by atoms with E-state index in [4.69, 9.17) is 0 Å². The molecule has 0 radical (unpaired) electrons. The molecule has 1 aromatic rings. The molecule has 0 heterocycles. The lowest BCUT2D eigenvalue weighted by Crippen LogP contribution is -2.34. The second kappa shape index (κ2) is 5.86. The molecule has 1 aliphatic rings. The average molecular weight is 274 g/mol. The van der Waals surface area contributed by atoms with Crippen LogP contribution in [0.1, 0.15) is 56.0 Å². The van der Waals surface area contributed by atoms with Crippen LogP contribution >= 0.6 is 0 Å². The van der Waals surface area contributed by atoms with Crippen LogP contribution < -0.4 is 10.6 Å². The van der Waals surface area contributed by atoms with Gasteiger partial charge in [-0.1, -0.05) is 19.9 Å². The summed E-state index contributed by atoms with van der Waals surface area (Å²) in [5.74, 6) is 0.0450. The standard InChI is InChI=1S/C17H26N2O/c1-5-18-15-10-12(2)6-7-14(15)16(20)19-13-8-9-17(3,4)11-13/h6-7,10,13,18H,5,8-9,11H2,1-4H3,(H,19,20). The molecule has 0 aromatic heterocycles. The third kappa shape index (κ3) is 3.53. The minimum atomic E-state index is 0.0450. The van der Waals surface area contributed by atoms with Crippen molar-refractivity contribution in [3.8, 4) is 0 Å². The van der Waals surface area contributed by atoms with Gasteiger partial charge in [-0.2, -0.15) is 0 Å². The van der Waals surface area contributed by atoms with Crippen LogP contribution in [-0.4, -0.2) is 18.5 Å². The lowest BCUT2D eigenvalue weighted by Gasteiger charge is -2.19. The van der Waals surface area contributed by atoms with E-state index in [1.165, 1.54) is 12.0 Å². The van der Waals surface area contributed by atoms with Gasteiger partial charge in [-0.25, -0.2) is 0 Å². The van der Waals surface area contributed by atoms with Crippen LogP contribution in [0.15, 0.2) is 18.2 Å². The third-order valence-electron chi connectivity index (χ3n) is 4.09. The molecule has 2 rings (SSSR count). The van der Waals surface area contributed by atoms with Crippen molar-refractivity contribution in [2.24, 2.45) is 5.41 Å². The molecular weight excluding hydrogens is 248 g/mol. The maximum absolute atomic E-state index is 12.5. The Hall–Kier alpha value is -1.51. The molecule has 110 valence electrons. The van der Waals surface area contributed by atoms with Crippen LogP contribution in [0.3, 0.4) is 0 Å². The first-order valence-electron chi connectivity index (χ1n) is 7.57. The van der Waals surface area contributed by atoms with Gasteiger partial charge in [-0.05, 0) is 56.2 Å². The van der Waals surface area contributed by atoms with E-state index in [1.54, 1.807) is 0 Å². The van der Waals surface area contributed by atoms with E-state index in [2.05, 4.69) is 24.5 Å². The molecule has 1 atom stereocenters. The Morgan fingerprint density at radius 2 is 2.15 bits per heavy atom. The number of anilines is 1. The molecule has 1 amide bonds. The molecule has 0 spiro atoms. The topological polar surface area (TPSA) is 41.1 Å². The van der Waals surface area contributed by atoms with E-state index in [0.29, 0.717) is 11.5 Å². The zero-order chi connectivity index (χ0) is 14.8. The molecule has 1 aliphatic carbocycles. The largest absolute Gasteiger partial charge is 0.385 e. The first-order valence-corrected chi connectivity index (χ1v) is 7.57. The van der Waals surface area contributed by atoms with E-state index in [1.807, 2.05) is 32.0 Å². The van der Waals surface area contributed by atoms with Crippen LogP contribution in [0.5, 0.6) is 0 Å². The van der Waals surface area contributed by atoms with Gasteiger partial charge >= 0.3 is 0 Å². The highest BCUT2D eigenvalue weighted by Crippen LogP contribution is 2.37. The van der Waals surface area contributed by atoms with E-state index in [9.17, 15) is 4.79 Å². The number of hydrogen-bond acceptors (Lipinski definition) is 2. The second-order valence-electron chi connectivity index (χ2n) is 6.66. The highest BCUT2D eigenvalue weighted by Gasteiger charge is 2.32. The van der Waals surface area contributed by atoms with Crippen LogP contribution in [-0.2, 0) is 0 Å². The molecule has 2 N–H and O–H groups in total. The zero-order valence-electron chi connectivity index (χ0n) is 13.0. The number of hydrogen-bond donors (Lipinski definition) is 2. The van der Waals surface area contributed by atoms with Gasteiger partial charge in [-0.15, -0.1) is 0 Å². The Morgan fingerprint density at radius 3 is 2.75 bits per heavy atom. The molecule has 3 nitrogen and oxygen atoms in total. The first kappa shape index (κ1) is 14.9. The van der Waals surface area contributed by atoms with Crippen molar-refractivity contribution < 1.29 is 4.79 Å². The van der Waals surface area contributed by atoms with Gasteiger partial charge in [0.1, 0.15) is 0 Å². The molecule has 1 aromatic carbocycles. The third-order valence-corrected chi connectivity index (χ3v) is 4.09. The van der Waals surface area contributed by atoms with Crippen molar-refractivity contribution in [2.45, 2.75) is 53.0 Å². The average Bonchev–Trinajstić information content (AvgIpc) is 2.69. The summed E-state index contributed by atoms with van der Waals surface area (Å²) < 4.78 is 0. The molecule has 1 fully saturated rings. The van der Waals surface area contributed by atoms with Gasteiger partial charge in [0, 0.05) is 18.3 Å². The second-order valence-corrected chi connectivity index (χ2v) is 6.66. The summed E-state index contributed by atoms with van der Waals surface area (Å²) in [6, 6.07) is 6.27. The summed E-state index contributed by atoms with van der Waals surface area (Å²) in [6.07, 6.45) is 3.34. The summed E-state index contributed by atoms with van der Waals surface area (Å²) in [5.41, 5.74) is 3.21. The zero-order valence-corrected chi connectivity index (χ0v) is 13.0. The fourth-order valence-corrected chi connectivity index (χ4v) is 3.02. The molecular formula is C17H26N2O. The SMILES string of the molecule is CCNc1cc(C)ccc1C(=O)NC1CCC(C)(C)C1. The number of benzene rings is 1. The normalized spacial score (nSPS) is 20.7. The molecule has 1 unspecified atom stereocenters. The Kier molecular flexibility index (Phi) is 4.36. The fraction of sp³-hybridized carbons (Fsp3) is 0.588. The number of carbonyl (C=O) groups excluding carboxylic acids is 1. The van der Waals surface area contributed by atoms with Gasteiger partial charge in [0.05, 0.1) is 5.56 Å². The number of amides is 1. The molecule has 0 saturated heterocycles. The van der Waals surface area contributed by atoms with Gasteiger partial charge in [0.2, 0.25) is 0 Å². The molecule has 0 aliphatic heterocycles. The van der Waals surface area contributed by atoms with Gasteiger partial charge in [-0.3, -0.25) is 4.79 Å². The van der Waals surface area contributed by atoms with Crippen LogP contribution in [0.2, 0.25) is 0 Å². The fourth-order valence-electron chi connectivity index (χ4n) is 3.02. The predicted octanol–water partition coefficient (Wildman–Crippen LogP) is 3.74. The molecule has 1 saturated carbocycles. The first-order chi connectivity index (χ1) is 9.41. The lowest BCUT2D eigenvalue weighted by atomic mass is 9.92. The highest BCUT2D eigenvalue weighted by atomic mass is 16.1. The van der Waals surface area contributed by atoms with Crippen LogP contribution in [0.4, 0.5) is 5.69 Å². The van der Waals surface area contributed by atoms with Gasteiger partial charge in [0.25, 0.3) is 5.91 Å². The number of aryl methyl sites for hydroxylation is 1. The summed E-state index contributed by atoms with van der Waals surface area (Å²) in [7, 11) is 0. The lowest BCUT2D eigenvalue weighted by molar-refractivity contribution is 0.0937. The summed E-state index contributed by atoms with van der Waals surface area (Å²) in [4.78, 5) is 12.5. The van der Waals surface area contributed by atoms with Crippen molar-refractivity contribution in [3.05, 3.63) is 29.3 Å². The minimum Gasteiger partial charge on any atom is -0.385 e. The number of nitrogens with one attached hydrogen (secondary N) is 2. The Bertz CT molecular complexity index is 494. The van der Waals surface area contributed by atoms with E-state index in [0.717, 1.165) is 30.6 Å². The maximum Gasteiger partial charge on any atom is 0.253 e. The highest BCUT2D eigenvalue weighted by molar-refractivity contribution is 5.99. The van der Waals surface area contributed by atoms with Crippen molar-refractivity contribution in [2.75, 3.05) is 11.9 Å². The van der Waals surface area contributed by atoms with Crippen molar-refractivity contribution in [3.63, 3.8) is 0 Å². The number of carbonyl (C=O) groups is 1. The Balaban J connectivity index is 2.09. The van der Waals surface area contributed by atoms with Crippen molar-refractivity contribution >= 4 is 11.6 Å². The predicted molar refractivity (Wildman–Crippen MR) is 84.2 cm³/mol. The molecule has 20 heavy (non-hydrogen) atoms. The molecule has 3 heteroatoms. The summed E-state index contributed by atoms with van der Waals surface area (Å²) >= 11 is 0. The summed E-state index contributed by atoms with van der Waals surface area (Å²) in [5, 5.41) is 6.47. The smallest absolute Gasteiger partial charge is 0.253 e. The van der Waals surface area contributed by atoms with Gasteiger partial charge < -0.3 is 10.6 Å².